The third-order valence-corrected chi connectivity index (χ3v) is 4.26. The summed E-state index contributed by atoms with van der Waals surface area (Å²) in [5.74, 6) is 0.115. The third-order valence-electron chi connectivity index (χ3n) is 4.26. The molecule has 1 unspecified atom stereocenters. The Bertz CT molecular complexity index is 1140. The second-order valence-electron chi connectivity index (χ2n) is 6.27. The van der Waals surface area contributed by atoms with Crippen molar-refractivity contribution in [2.45, 2.75) is 38.8 Å². The number of ketones is 1. The van der Waals surface area contributed by atoms with E-state index in [0.29, 0.717) is 24.2 Å². The van der Waals surface area contributed by atoms with E-state index >= 15 is 0 Å². The van der Waals surface area contributed by atoms with Gasteiger partial charge in [-0.1, -0.05) is 36.3 Å². The maximum atomic E-state index is 13.3. The number of aromatic nitrogens is 1. The van der Waals surface area contributed by atoms with Crippen LogP contribution in [-0.4, -0.2) is 28.7 Å². The van der Waals surface area contributed by atoms with Crippen LogP contribution >= 0.6 is 0 Å². The predicted molar refractivity (Wildman–Crippen MR) is 104 cm³/mol. The number of carbonyl (C=O) groups excluding carboxylic acids is 1. The van der Waals surface area contributed by atoms with Gasteiger partial charge in [0.05, 0.1) is 20.1 Å². The molecule has 0 bridgehead atoms. The van der Waals surface area contributed by atoms with E-state index in [4.69, 9.17) is 11.6 Å². The molecule has 0 fully saturated rings. The molecule has 0 saturated heterocycles. The highest BCUT2D eigenvalue weighted by molar-refractivity contribution is 6.09. The highest BCUT2D eigenvalue weighted by atomic mass is 16.5. The number of rotatable bonds is 8. The van der Waals surface area contributed by atoms with E-state index in [0.717, 1.165) is 0 Å². The minimum Gasteiger partial charge on any atom is -0.496 e. The normalized spacial score (nSPS) is 15.0. The fourth-order valence-corrected chi connectivity index (χ4v) is 2.96. The van der Waals surface area contributed by atoms with Gasteiger partial charge in [0.25, 0.3) is 0 Å². The lowest BCUT2D eigenvalue weighted by Gasteiger charge is -2.07. The van der Waals surface area contributed by atoms with Gasteiger partial charge >= 0.3 is 0 Å². The molecule has 0 spiro atoms. The number of aliphatic hydroxyl groups is 1. The molecule has 1 atom stereocenters. The maximum Gasteiger partial charge on any atom is 0.169 e. The molecule has 0 aliphatic rings. The SMILES string of the molecule is [2H]c1c([2H])c([2H])c2c(c1[2H])c(C(=O)Cc1ccccc1OC)c([2H])n2CCCC(C)O. The number of hydrogen-bond acceptors (Lipinski definition) is 3. The number of fused-ring (bicyclic) bond motifs is 1. The summed E-state index contributed by atoms with van der Waals surface area (Å²) in [6.45, 7) is 1.91. The first kappa shape index (κ1) is 12.7. The Morgan fingerprint density at radius 2 is 2.08 bits per heavy atom. The smallest absolute Gasteiger partial charge is 0.169 e. The molecule has 0 radical (unpaired) electrons. The van der Waals surface area contributed by atoms with Crippen molar-refractivity contribution in [3.63, 3.8) is 0 Å². The van der Waals surface area contributed by atoms with Crippen LogP contribution in [0.15, 0.2) is 54.6 Å². The van der Waals surface area contributed by atoms with Crippen molar-refractivity contribution in [1.82, 2.24) is 4.57 Å². The highest BCUT2D eigenvalue weighted by Gasteiger charge is 2.17. The zero-order valence-corrected chi connectivity index (χ0v) is 14.9. The number of Topliss-reactive ketones (excluding diaryl/α,β-unsaturated/α-hetero) is 1. The van der Waals surface area contributed by atoms with E-state index in [1.165, 1.54) is 11.7 Å². The topological polar surface area (TPSA) is 51.5 Å². The van der Waals surface area contributed by atoms with Gasteiger partial charge in [0.2, 0.25) is 0 Å². The van der Waals surface area contributed by atoms with Crippen LogP contribution in [0.5, 0.6) is 5.75 Å². The summed E-state index contributed by atoms with van der Waals surface area (Å²) < 4.78 is 48.2. The Labute approximate surface area is 161 Å². The molecule has 0 aliphatic carbocycles. The van der Waals surface area contributed by atoms with Gasteiger partial charge in [-0.15, -0.1) is 0 Å². The third kappa shape index (κ3) is 3.97. The molecule has 1 heterocycles. The Kier molecular flexibility index (Phi) is 4.01. The van der Waals surface area contributed by atoms with Gasteiger partial charge in [0, 0.05) is 41.2 Å². The molecule has 1 aromatic heterocycles. The fraction of sp³-hybridized carbons (Fsp3) is 0.318. The molecule has 0 amide bonds. The Hall–Kier alpha value is -2.59. The number of benzene rings is 2. The molecule has 4 nitrogen and oxygen atoms in total. The van der Waals surface area contributed by atoms with E-state index in [-0.39, 0.29) is 47.7 Å². The second-order valence-corrected chi connectivity index (χ2v) is 6.27. The molecular weight excluding hydrogens is 326 g/mol. The first-order valence-corrected chi connectivity index (χ1v) is 8.61. The number of carbonyl (C=O) groups is 1. The number of aryl methyl sites for hydroxylation is 1. The molecule has 136 valence electrons. The lowest BCUT2D eigenvalue weighted by atomic mass is 10.0. The quantitative estimate of drug-likeness (QED) is 0.614. The summed E-state index contributed by atoms with van der Waals surface area (Å²) in [5, 5.41) is 9.62. The zero-order valence-electron chi connectivity index (χ0n) is 19.9. The Morgan fingerprint density at radius 1 is 1.31 bits per heavy atom. The monoisotopic (exact) mass is 356 g/mol. The van der Waals surface area contributed by atoms with Crippen molar-refractivity contribution >= 4 is 16.7 Å². The lowest BCUT2D eigenvalue weighted by molar-refractivity contribution is 0.0993. The van der Waals surface area contributed by atoms with E-state index in [2.05, 4.69) is 0 Å². The summed E-state index contributed by atoms with van der Waals surface area (Å²) in [6.07, 6.45) is 0.222. The Balaban J connectivity index is 2.18. The number of methoxy groups -OCH3 is 1. The average Bonchev–Trinajstić information content (AvgIpc) is 3.03. The number of hydrogen-bond donors (Lipinski definition) is 1. The number of nitrogens with zero attached hydrogens (tertiary/aromatic N) is 1. The molecule has 3 aromatic rings. The van der Waals surface area contributed by atoms with Crippen LogP contribution < -0.4 is 4.74 Å². The van der Waals surface area contributed by atoms with Crippen molar-refractivity contribution in [2.24, 2.45) is 0 Å². The molecule has 26 heavy (non-hydrogen) atoms. The number of para-hydroxylation sites is 2. The van der Waals surface area contributed by atoms with E-state index in [9.17, 15) is 9.90 Å². The predicted octanol–water partition coefficient (Wildman–Crippen LogP) is 4.24. The summed E-state index contributed by atoms with van der Waals surface area (Å²) >= 11 is 0. The highest BCUT2D eigenvalue weighted by Crippen LogP contribution is 2.25. The van der Waals surface area contributed by atoms with Gasteiger partial charge in [-0.2, -0.15) is 0 Å². The van der Waals surface area contributed by atoms with Gasteiger partial charge in [-0.3, -0.25) is 4.79 Å². The minimum atomic E-state index is -0.531. The fourth-order valence-electron chi connectivity index (χ4n) is 2.96. The molecule has 3 rings (SSSR count). The summed E-state index contributed by atoms with van der Waals surface area (Å²) in [7, 11) is 1.50. The average molecular weight is 356 g/mol. The van der Waals surface area contributed by atoms with Crippen molar-refractivity contribution in [1.29, 1.82) is 0 Å². The van der Waals surface area contributed by atoms with Crippen molar-refractivity contribution in [3.05, 3.63) is 65.7 Å². The van der Waals surface area contributed by atoms with Gasteiger partial charge in [-0.25, -0.2) is 0 Å². The lowest BCUT2D eigenvalue weighted by Crippen LogP contribution is -2.05. The minimum absolute atomic E-state index is 0.0232. The van der Waals surface area contributed by atoms with Gasteiger partial charge in [0.15, 0.2) is 5.78 Å². The first-order valence-electron chi connectivity index (χ1n) is 11.1. The van der Waals surface area contributed by atoms with Gasteiger partial charge in [-0.05, 0) is 31.9 Å². The van der Waals surface area contributed by atoms with Gasteiger partial charge in [0.1, 0.15) is 5.75 Å². The summed E-state index contributed by atoms with van der Waals surface area (Å²) in [6, 6.07) is 5.58. The number of ether oxygens (including phenoxy) is 1. The van der Waals surface area contributed by atoms with Crippen LogP contribution in [0.25, 0.3) is 10.9 Å². The van der Waals surface area contributed by atoms with E-state index in [1.54, 1.807) is 31.2 Å². The van der Waals surface area contributed by atoms with Crippen LogP contribution in [-0.2, 0) is 13.0 Å². The summed E-state index contributed by atoms with van der Waals surface area (Å²) in [4.78, 5) is 13.3. The van der Waals surface area contributed by atoms with Gasteiger partial charge < -0.3 is 14.4 Å². The van der Waals surface area contributed by atoms with Crippen LogP contribution in [0, 0.1) is 0 Å². The second kappa shape index (κ2) is 8.19. The largest absolute Gasteiger partial charge is 0.496 e. The van der Waals surface area contributed by atoms with E-state index < -0.39 is 24.0 Å². The van der Waals surface area contributed by atoms with Crippen molar-refractivity contribution in [3.8, 4) is 5.75 Å². The molecule has 0 aliphatic heterocycles. The van der Waals surface area contributed by atoms with Crippen molar-refractivity contribution < 1.29 is 21.5 Å². The summed E-state index contributed by atoms with van der Waals surface area (Å²) in [5.41, 5.74) is 0.750. The molecule has 1 N–H and O–H groups in total. The molecule has 4 heteroatoms. The standard InChI is InChI=1S/C22H25NO3/c1-16(24)8-7-13-23-15-19(18-10-4-5-11-20(18)23)21(25)14-17-9-3-6-12-22(17)26-2/h3-6,9-12,15-16,24H,7-8,13-14H2,1-2H3/i4D,5D,10D,11D,15D. The van der Waals surface area contributed by atoms with Crippen LogP contribution in [0.3, 0.4) is 0 Å². The van der Waals surface area contributed by atoms with Crippen LogP contribution in [0.4, 0.5) is 0 Å². The van der Waals surface area contributed by atoms with Crippen LogP contribution in [0.2, 0.25) is 0 Å². The maximum absolute atomic E-state index is 13.3. The zero-order chi connectivity index (χ0) is 22.9. The molecule has 2 aromatic carbocycles. The molecule has 0 saturated carbocycles. The van der Waals surface area contributed by atoms with E-state index in [1.807, 2.05) is 0 Å². The molecular formula is C22H25NO3. The van der Waals surface area contributed by atoms with Crippen molar-refractivity contribution in [2.75, 3.05) is 7.11 Å². The first-order chi connectivity index (χ1) is 14.7. The number of aliphatic hydroxyl groups excluding tert-OH is 1. The van der Waals surface area contributed by atoms with Crippen LogP contribution in [0.1, 0.15) is 42.5 Å². The Morgan fingerprint density at radius 3 is 2.85 bits per heavy atom.